The van der Waals surface area contributed by atoms with Gasteiger partial charge in [-0.3, -0.25) is 9.78 Å². The summed E-state index contributed by atoms with van der Waals surface area (Å²) in [4.78, 5) is 18.4. The Morgan fingerprint density at radius 1 is 1.35 bits per heavy atom. The van der Waals surface area contributed by atoms with E-state index in [1.807, 2.05) is 18.2 Å². The minimum Gasteiger partial charge on any atom is -0.355 e. The van der Waals surface area contributed by atoms with E-state index in [0.717, 1.165) is 24.5 Å². The summed E-state index contributed by atoms with van der Waals surface area (Å²) >= 11 is 0. The van der Waals surface area contributed by atoms with Crippen LogP contribution in [0.5, 0.6) is 0 Å². The molecule has 1 atom stereocenters. The zero-order valence-electron chi connectivity index (χ0n) is 13.3. The van der Waals surface area contributed by atoms with Gasteiger partial charge in [0.25, 0.3) is 5.91 Å². The van der Waals surface area contributed by atoms with Gasteiger partial charge in [-0.25, -0.2) is 0 Å². The van der Waals surface area contributed by atoms with Crippen LogP contribution in [-0.2, 0) is 6.54 Å². The molecule has 1 amide bonds. The lowest BCUT2D eigenvalue weighted by Gasteiger charge is -2.31. The molecule has 3 rings (SSSR count). The van der Waals surface area contributed by atoms with Crippen LogP contribution in [0.4, 0.5) is 5.82 Å². The third-order valence-corrected chi connectivity index (χ3v) is 4.04. The largest absolute Gasteiger partial charge is 0.355 e. The maximum absolute atomic E-state index is 12.1. The summed E-state index contributed by atoms with van der Waals surface area (Å²) in [7, 11) is 0. The van der Waals surface area contributed by atoms with Crippen LogP contribution in [0.25, 0.3) is 0 Å². The third kappa shape index (κ3) is 4.03. The van der Waals surface area contributed by atoms with Crippen LogP contribution in [0.3, 0.4) is 0 Å². The van der Waals surface area contributed by atoms with Crippen molar-refractivity contribution in [3.63, 3.8) is 0 Å². The number of rotatable bonds is 4. The molecule has 1 fully saturated rings. The van der Waals surface area contributed by atoms with E-state index in [-0.39, 0.29) is 5.91 Å². The first-order chi connectivity index (χ1) is 11.2. The first kappa shape index (κ1) is 15.4. The van der Waals surface area contributed by atoms with Crippen molar-refractivity contribution in [2.24, 2.45) is 5.92 Å². The second-order valence-corrected chi connectivity index (χ2v) is 6.01. The summed E-state index contributed by atoms with van der Waals surface area (Å²) in [5.41, 5.74) is 1.29. The first-order valence-electron chi connectivity index (χ1n) is 7.98. The number of amides is 1. The van der Waals surface area contributed by atoms with Crippen molar-refractivity contribution >= 4 is 11.7 Å². The molecule has 0 spiro atoms. The number of carbonyl (C=O) groups excluding carboxylic acids is 1. The van der Waals surface area contributed by atoms with Gasteiger partial charge in [0, 0.05) is 32.0 Å². The first-order valence-corrected chi connectivity index (χ1v) is 7.98. The van der Waals surface area contributed by atoms with E-state index < -0.39 is 0 Å². The predicted molar refractivity (Wildman–Crippen MR) is 88.1 cm³/mol. The highest BCUT2D eigenvalue weighted by Gasteiger charge is 2.18. The Hall–Kier alpha value is -2.50. The number of anilines is 1. The number of pyridine rings is 1. The fraction of sp³-hybridized carbons (Fsp3) is 0.412. The average Bonchev–Trinajstić information content (AvgIpc) is 2.61. The standard InChI is InChI=1S/C17H21N5O/c1-13-4-3-9-22(12-13)16-7-6-15(20-21-16)17(23)19-11-14-5-2-8-18-10-14/h2,5-8,10,13H,3-4,9,11-12H2,1H3,(H,19,23). The molecule has 1 aliphatic rings. The Morgan fingerprint density at radius 2 is 2.26 bits per heavy atom. The van der Waals surface area contributed by atoms with Gasteiger partial charge >= 0.3 is 0 Å². The van der Waals surface area contributed by atoms with Gasteiger partial charge in [-0.2, -0.15) is 0 Å². The normalized spacial score (nSPS) is 17.8. The summed E-state index contributed by atoms with van der Waals surface area (Å²) in [5, 5.41) is 11.1. The van der Waals surface area contributed by atoms with Crippen LogP contribution < -0.4 is 10.2 Å². The van der Waals surface area contributed by atoms with E-state index in [2.05, 4.69) is 32.3 Å². The Kier molecular flexibility index (Phi) is 4.80. The van der Waals surface area contributed by atoms with Gasteiger partial charge in [0.1, 0.15) is 0 Å². The third-order valence-electron chi connectivity index (χ3n) is 4.04. The maximum Gasteiger partial charge on any atom is 0.272 e. The SMILES string of the molecule is CC1CCCN(c2ccc(C(=O)NCc3cccnc3)nn2)C1. The number of hydrogen-bond acceptors (Lipinski definition) is 5. The molecule has 0 radical (unpaired) electrons. The molecule has 1 N–H and O–H groups in total. The number of piperidine rings is 1. The summed E-state index contributed by atoms with van der Waals surface area (Å²) in [6.45, 7) is 4.69. The second-order valence-electron chi connectivity index (χ2n) is 6.01. The minimum atomic E-state index is -0.222. The Bertz CT molecular complexity index is 644. The molecule has 0 aromatic carbocycles. The number of nitrogens with one attached hydrogen (secondary N) is 1. The Labute approximate surface area is 136 Å². The molecule has 1 aliphatic heterocycles. The molecular weight excluding hydrogens is 290 g/mol. The van der Waals surface area contributed by atoms with Gasteiger partial charge in [0.2, 0.25) is 0 Å². The lowest BCUT2D eigenvalue weighted by atomic mass is 10.0. The van der Waals surface area contributed by atoms with Gasteiger partial charge < -0.3 is 10.2 Å². The van der Waals surface area contributed by atoms with Gasteiger partial charge in [0.05, 0.1) is 0 Å². The van der Waals surface area contributed by atoms with Gasteiger partial charge in [-0.15, -0.1) is 10.2 Å². The molecule has 1 saturated heterocycles. The van der Waals surface area contributed by atoms with Crippen molar-refractivity contribution in [1.82, 2.24) is 20.5 Å². The van der Waals surface area contributed by atoms with Gasteiger partial charge in [0.15, 0.2) is 11.5 Å². The van der Waals surface area contributed by atoms with E-state index in [0.29, 0.717) is 18.2 Å². The highest BCUT2D eigenvalue weighted by molar-refractivity contribution is 5.92. The molecule has 1 unspecified atom stereocenters. The lowest BCUT2D eigenvalue weighted by molar-refractivity contribution is 0.0945. The Balaban J connectivity index is 1.59. The molecule has 0 saturated carbocycles. The average molecular weight is 311 g/mol. The minimum absolute atomic E-state index is 0.222. The second kappa shape index (κ2) is 7.17. The summed E-state index contributed by atoms with van der Waals surface area (Å²) < 4.78 is 0. The van der Waals surface area contributed by atoms with Crippen LogP contribution in [-0.4, -0.2) is 34.2 Å². The smallest absolute Gasteiger partial charge is 0.272 e. The zero-order chi connectivity index (χ0) is 16.1. The molecular formula is C17H21N5O. The Morgan fingerprint density at radius 3 is 2.96 bits per heavy atom. The number of nitrogens with zero attached hydrogens (tertiary/aromatic N) is 4. The molecule has 23 heavy (non-hydrogen) atoms. The maximum atomic E-state index is 12.1. The fourth-order valence-electron chi connectivity index (χ4n) is 2.79. The molecule has 3 heterocycles. The van der Waals surface area contributed by atoms with Crippen molar-refractivity contribution in [2.75, 3.05) is 18.0 Å². The molecule has 6 heteroatoms. The van der Waals surface area contributed by atoms with E-state index >= 15 is 0 Å². The topological polar surface area (TPSA) is 71.0 Å². The van der Waals surface area contributed by atoms with E-state index in [1.54, 1.807) is 18.5 Å². The van der Waals surface area contributed by atoms with Crippen LogP contribution in [0, 0.1) is 5.92 Å². The molecule has 0 bridgehead atoms. The molecule has 2 aromatic rings. The van der Waals surface area contributed by atoms with Gasteiger partial charge in [-0.05, 0) is 42.5 Å². The number of carbonyl (C=O) groups is 1. The highest BCUT2D eigenvalue weighted by atomic mass is 16.1. The lowest BCUT2D eigenvalue weighted by Crippen LogP contribution is -2.35. The van der Waals surface area contributed by atoms with Crippen molar-refractivity contribution < 1.29 is 4.79 Å². The van der Waals surface area contributed by atoms with Crippen LogP contribution in [0.1, 0.15) is 35.8 Å². The van der Waals surface area contributed by atoms with Crippen LogP contribution in [0.15, 0.2) is 36.7 Å². The quantitative estimate of drug-likeness (QED) is 0.935. The molecule has 0 aliphatic carbocycles. The van der Waals surface area contributed by atoms with Crippen molar-refractivity contribution in [2.45, 2.75) is 26.3 Å². The summed E-state index contributed by atoms with van der Waals surface area (Å²) in [6.07, 6.45) is 5.87. The van der Waals surface area contributed by atoms with Crippen molar-refractivity contribution in [3.05, 3.63) is 47.9 Å². The molecule has 2 aromatic heterocycles. The zero-order valence-corrected chi connectivity index (χ0v) is 13.3. The van der Waals surface area contributed by atoms with E-state index in [1.165, 1.54) is 12.8 Å². The van der Waals surface area contributed by atoms with Crippen molar-refractivity contribution in [1.29, 1.82) is 0 Å². The highest BCUT2D eigenvalue weighted by Crippen LogP contribution is 2.20. The van der Waals surface area contributed by atoms with Crippen LogP contribution >= 0.6 is 0 Å². The van der Waals surface area contributed by atoms with Crippen LogP contribution in [0.2, 0.25) is 0 Å². The van der Waals surface area contributed by atoms with Gasteiger partial charge in [-0.1, -0.05) is 13.0 Å². The van der Waals surface area contributed by atoms with E-state index in [4.69, 9.17) is 0 Å². The number of aromatic nitrogens is 3. The predicted octanol–water partition coefficient (Wildman–Crippen LogP) is 2.04. The van der Waals surface area contributed by atoms with Crippen molar-refractivity contribution in [3.8, 4) is 0 Å². The monoisotopic (exact) mass is 311 g/mol. The molecule has 120 valence electrons. The molecule has 6 nitrogen and oxygen atoms in total. The van der Waals surface area contributed by atoms with E-state index in [9.17, 15) is 4.79 Å². The fourth-order valence-corrected chi connectivity index (χ4v) is 2.79. The number of hydrogen-bond donors (Lipinski definition) is 1. The summed E-state index contributed by atoms with van der Waals surface area (Å²) in [5.74, 6) is 1.30. The summed E-state index contributed by atoms with van der Waals surface area (Å²) in [6, 6.07) is 7.37.